The number of fused-ring (bicyclic) bond motifs is 1. The minimum Gasteiger partial charge on any atom is -0.486 e. The Morgan fingerprint density at radius 2 is 2.10 bits per heavy atom. The van der Waals surface area contributed by atoms with Crippen LogP contribution in [0.3, 0.4) is 0 Å². The quantitative estimate of drug-likeness (QED) is 0.898. The second-order valence-corrected chi connectivity index (χ2v) is 6.04. The zero-order valence-electron chi connectivity index (χ0n) is 11.1. The summed E-state index contributed by atoms with van der Waals surface area (Å²) in [4.78, 5) is 4.26. The fraction of sp³-hybridized carbons (Fsp3) is 0.267. The van der Waals surface area contributed by atoms with E-state index in [-0.39, 0.29) is 0 Å². The van der Waals surface area contributed by atoms with Crippen molar-refractivity contribution in [2.24, 2.45) is 0 Å². The van der Waals surface area contributed by atoms with E-state index in [2.05, 4.69) is 20.9 Å². The Labute approximate surface area is 135 Å². The molecular weight excluding hydrogens is 358 g/mol. The average molecular weight is 371 g/mol. The first kappa shape index (κ1) is 14.6. The zero-order valence-corrected chi connectivity index (χ0v) is 13.4. The number of aliphatic hydroxyl groups excluding tert-OH is 1. The molecule has 21 heavy (non-hydrogen) atoms. The summed E-state index contributed by atoms with van der Waals surface area (Å²) in [5.41, 5.74) is 1.49. The van der Waals surface area contributed by atoms with E-state index in [4.69, 9.17) is 21.1 Å². The molecule has 1 aromatic carbocycles. The predicted molar refractivity (Wildman–Crippen MR) is 83.0 cm³/mol. The Bertz CT molecular complexity index is 648. The Hall–Kier alpha value is -1.30. The minimum absolute atomic E-state index is 0.406. The van der Waals surface area contributed by atoms with Gasteiger partial charge in [-0.15, -0.1) is 0 Å². The van der Waals surface area contributed by atoms with Gasteiger partial charge in [0.05, 0.1) is 11.1 Å². The summed E-state index contributed by atoms with van der Waals surface area (Å²) in [5, 5.41) is 10.8. The summed E-state index contributed by atoms with van der Waals surface area (Å²) in [6, 6.07) is 7.24. The summed E-state index contributed by atoms with van der Waals surface area (Å²) in [7, 11) is 0. The van der Waals surface area contributed by atoms with Crippen LogP contribution in [0.5, 0.6) is 11.5 Å². The third kappa shape index (κ3) is 3.31. The van der Waals surface area contributed by atoms with Crippen LogP contribution in [-0.4, -0.2) is 23.3 Å². The van der Waals surface area contributed by atoms with Crippen molar-refractivity contribution < 1.29 is 14.6 Å². The van der Waals surface area contributed by atoms with Crippen LogP contribution < -0.4 is 9.47 Å². The third-order valence-electron chi connectivity index (χ3n) is 3.20. The summed E-state index contributed by atoms with van der Waals surface area (Å²) in [5.74, 6) is 1.12. The lowest BCUT2D eigenvalue weighted by atomic mass is 10.0. The molecule has 1 atom stereocenters. The summed E-state index contributed by atoms with van der Waals surface area (Å²) < 4.78 is 11.9. The van der Waals surface area contributed by atoms with Gasteiger partial charge in [0.25, 0.3) is 0 Å². The molecule has 3 rings (SSSR count). The number of rotatable bonds is 3. The van der Waals surface area contributed by atoms with Crippen molar-refractivity contribution in [3.8, 4) is 11.5 Å². The molecule has 1 aliphatic heterocycles. The van der Waals surface area contributed by atoms with Crippen molar-refractivity contribution in [1.82, 2.24) is 4.98 Å². The largest absolute Gasteiger partial charge is 0.486 e. The van der Waals surface area contributed by atoms with Gasteiger partial charge in [-0.3, -0.25) is 4.98 Å². The van der Waals surface area contributed by atoms with Crippen molar-refractivity contribution in [3.05, 3.63) is 51.2 Å². The molecule has 110 valence electrons. The van der Waals surface area contributed by atoms with Crippen molar-refractivity contribution in [3.63, 3.8) is 0 Å². The molecule has 1 N–H and O–H groups in total. The molecule has 4 nitrogen and oxygen atoms in total. The van der Waals surface area contributed by atoms with E-state index in [9.17, 15) is 5.11 Å². The molecular formula is C15H13BrClNO3. The van der Waals surface area contributed by atoms with Crippen LogP contribution in [0.4, 0.5) is 0 Å². The molecule has 2 aromatic rings. The molecule has 1 aliphatic rings. The van der Waals surface area contributed by atoms with Crippen molar-refractivity contribution in [2.45, 2.75) is 12.5 Å². The fourth-order valence-corrected chi connectivity index (χ4v) is 2.67. The van der Waals surface area contributed by atoms with Crippen molar-refractivity contribution >= 4 is 27.5 Å². The highest BCUT2D eigenvalue weighted by Gasteiger charge is 2.19. The molecule has 2 heterocycles. The maximum absolute atomic E-state index is 10.4. The van der Waals surface area contributed by atoms with E-state index >= 15 is 0 Å². The number of aromatic nitrogens is 1. The standard InChI is InChI=1S/C15H13BrClNO3/c16-10-1-2-11(18-8-10)7-13(19)9-5-12(17)15-14(6-9)20-3-4-21-15/h1-2,5-6,8,13,19H,3-4,7H2. The normalized spacial score (nSPS) is 14.8. The maximum Gasteiger partial charge on any atom is 0.179 e. The molecule has 0 saturated heterocycles. The van der Waals surface area contributed by atoms with Gasteiger partial charge in [-0.2, -0.15) is 0 Å². The van der Waals surface area contributed by atoms with Gasteiger partial charge < -0.3 is 14.6 Å². The number of pyridine rings is 1. The van der Waals surface area contributed by atoms with Gasteiger partial charge in [-0.1, -0.05) is 11.6 Å². The van der Waals surface area contributed by atoms with Gasteiger partial charge in [0.15, 0.2) is 11.5 Å². The van der Waals surface area contributed by atoms with Crippen LogP contribution in [0.15, 0.2) is 34.9 Å². The predicted octanol–water partition coefficient (Wildman–Crippen LogP) is 3.54. The van der Waals surface area contributed by atoms with Crippen LogP contribution in [0.1, 0.15) is 17.4 Å². The maximum atomic E-state index is 10.4. The van der Waals surface area contributed by atoms with Gasteiger partial charge >= 0.3 is 0 Å². The summed E-state index contributed by atoms with van der Waals surface area (Å²) in [6.07, 6.45) is 1.41. The van der Waals surface area contributed by atoms with Crippen LogP contribution >= 0.6 is 27.5 Å². The van der Waals surface area contributed by atoms with Gasteiger partial charge in [-0.25, -0.2) is 0 Å². The van der Waals surface area contributed by atoms with Crippen LogP contribution in [0.25, 0.3) is 0 Å². The van der Waals surface area contributed by atoms with E-state index in [0.29, 0.717) is 41.7 Å². The molecule has 0 aliphatic carbocycles. The van der Waals surface area contributed by atoms with Gasteiger partial charge in [-0.05, 0) is 45.8 Å². The lowest BCUT2D eigenvalue weighted by Crippen LogP contribution is -2.16. The highest BCUT2D eigenvalue weighted by molar-refractivity contribution is 9.10. The number of benzene rings is 1. The SMILES string of the molecule is OC(Cc1ccc(Br)cn1)c1cc(Cl)c2c(c1)OCCO2. The number of hydrogen-bond acceptors (Lipinski definition) is 4. The van der Waals surface area contributed by atoms with Crippen LogP contribution in [0.2, 0.25) is 5.02 Å². The van der Waals surface area contributed by atoms with Gasteiger partial charge in [0.2, 0.25) is 0 Å². The van der Waals surface area contributed by atoms with E-state index in [1.807, 2.05) is 12.1 Å². The summed E-state index contributed by atoms with van der Waals surface area (Å²) >= 11 is 9.51. The first-order valence-electron chi connectivity index (χ1n) is 6.51. The van der Waals surface area contributed by atoms with Crippen LogP contribution in [0, 0.1) is 0 Å². The molecule has 0 bridgehead atoms. The monoisotopic (exact) mass is 369 g/mol. The molecule has 6 heteroatoms. The molecule has 1 unspecified atom stereocenters. The highest BCUT2D eigenvalue weighted by atomic mass is 79.9. The van der Waals surface area contributed by atoms with E-state index in [0.717, 1.165) is 10.2 Å². The summed E-state index contributed by atoms with van der Waals surface area (Å²) in [6.45, 7) is 0.967. The number of nitrogens with zero attached hydrogens (tertiary/aromatic N) is 1. The molecule has 0 amide bonds. The lowest BCUT2D eigenvalue weighted by molar-refractivity contribution is 0.164. The number of ether oxygens (including phenoxy) is 2. The van der Waals surface area contributed by atoms with Crippen molar-refractivity contribution in [2.75, 3.05) is 13.2 Å². The molecule has 0 radical (unpaired) electrons. The van der Waals surface area contributed by atoms with Crippen LogP contribution in [-0.2, 0) is 6.42 Å². The molecule has 0 saturated carbocycles. The Kier molecular flexibility index (Phi) is 4.33. The molecule has 1 aromatic heterocycles. The fourth-order valence-electron chi connectivity index (χ4n) is 2.17. The van der Waals surface area contributed by atoms with E-state index in [1.54, 1.807) is 18.3 Å². The average Bonchev–Trinajstić information content (AvgIpc) is 2.49. The van der Waals surface area contributed by atoms with Crippen molar-refractivity contribution in [1.29, 1.82) is 0 Å². The Morgan fingerprint density at radius 1 is 1.29 bits per heavy atom. The Morgan fingerprint density at radius 3 is 2.86 bits per heavy atom. The topological polar surface area (TPSA) is 51.6 Å². The van der Waals surface area contributed by atoms with E-state index in [1.165, 1.54) is 0 Å². The zero-order chi connectivity index (χ0) is 14.8. The molecule has 0 spiro atoms. The highest BCUT2D eigenvalue weighted by Crippen LogP contribution is 2.40. The second kappa shape index (κ2) is 6.22. The minimum atomic E-state index is -0.702. The smallest absolute Gasteiger partial charge is 0.179 e. The van der Waals surface area contributed by atoms with E-state index < -0.39 is 6.10 Å². The number of hydrogen-bond donors (Lipinski definition) is 1. The van der Waals surface area contributed by atoms with Gasteiger partial charge in [0, 0.05) is 22.8 Å². The molecule has 0 fully saturated rings. The first-order valence-corrected chi connectivity index (χ1v) is 7.68. The Balaban J connectivity index is 1.82. The number of aliphatic hydroxyl groups is 1. The first-order chi connectivity index (χ1) is 10.1. The number of halogens is 2. The van der Waals surface area contributed by atoms with Gasteiger partial charge in [0.1, 0.15) is 13.2 Å². The third-order valence-corrected chi connectivity index (χ3v) is 3.94. The second-order valence-electron chi connectivity index (χ2n) is 4.71. The lowest BCUT2D eigenvalue weighted by Gasteiger charge is -2.21.